The van der Waals surface area contributed by atoms with E-state index in [1.54, 1.807) is 12.2 Å². The number of fused-ring (bicyclic) bond motifs is 1. The molecule has 1 aromatic carbocycles. The van der Waals surface area contributed by atoms with Crippen LogP contribution in [0.1, 0.15) is 18.1 Å². The molecule has 1 aliphatic rings. The zero-order valence-corrected chi connectivity index (χ0v) is 9.98. The largest absolute Gasteiger partial charge is 0.383 e. The summed E-state index contributed by atoms with van der Waals surface area (Å²) < 4.78 is 0. The van der Waals surface area contributed by atoms with E-state index in [0.717, 1.165) is 16.7 Å². The highest BCUT2D eigenvalue weighted by Gasteiger charge is 2.36. The summed E-state index contributed by atoms with van der Waals surface area (Å²) in [5.41, 5.74) is 8.65. The molecule has 2 rings (SSSR count). The summed E-state index contributed by atoms with van der Waals surface area (Å²) in [5, 5.41) is 0. The SMILES string of the molecule is C=C/C=C(\C=C)C1(C)N=C(N)c2ccccc21. The van der Waals surface area contributed by atoms with E-state index in [-0.39, 0.29) is 0 Å². The van der Waals surface area contributed by atoms with Crippen LogP contribution in [-0.2, 0) is 5.54 Å². The third-order valence-electron chi connectivity index (χ3n) is 3.15. The van der Waals surface area contributed by atoms with Crippen molar-refractivity contribution >= 4 is 5.84 Å². The highest BCUT2D eigenvalue weighted by Crippen LogP contribution is 2.40. The average Bonchev–Trinajstić information content (AvgIpc) is 2.60. The summed E-state index contributed by atoms with van der Waals surface area (Å²) in [6, 6.07) is 8.02. The number of nitrogens with two attached hydrogens (primary N) is 1. The van der Waals surface area contributed by atoms with Crippen LogP contribution in [0, 0.1) is 0 Å². The van der Waals surface area contributed by atoms with Gasteiger partial charge in [-0.25, -0.2) is 0 Å². The fourth-order valence-corrected chi connectivity index (χ4v) is 2.27. The van der Waals surface area contributed by atoms with Crippen molar-refractivity contribution in [3.05, 3.63) is 72.4 Å². The maximum Gasteiger partial charge on any atom is 0.127 e. The van der Waals surface area contributed by atoms with Gasteiger partial charge in [0, 0.05) is 5.56 Å². The average molecular weight is 224 g/mol. The number of allylic oxidation sites excluding steroid dienone is 2. The summed E-state index contributed by atoms with van der Waals surface area (Å²) in [6.45, 7) is 9.61. The zero-order chi connectivity index (χ0) is 12.5. The summed E-state index contributed by atoms with van der Waals surface area (Å²) in [5.74, 6) is 0.583. The molecule has 86 valence electrons. The van der Waals surface area contributed by atoms with Crippen LogP contribution in [0.2, 0.25) is 0 Å². The summed E-state index contributed by atoms with van der Waals surface area (Å²) in [4.78, 5) is 4.59. The van der Waals surface area contributed by atoms with E-state index in [1.165, 1.54) is 0 Å². The van der Waals surface area contributed by atoms with Gasteiger partial charge in [0.25, 0.3) is 0 Å². The second-order valence-electron chi connectivity index (χ2n) is 4.18. The van der Waals surface area contributed by atoms with Crippen LogP contribution < -0.4 is 5.73 Å². The lowest BCUT2D eigenvalue weighted by Crippen LogP contribution is -2.19. The van der Waals surface area contributed by atoms with E-state index in [4.69, 9.17) is 5.73 Å². The quantitative estimate of drug-likeness (QED) is 0.788. The molecular formula is C15H16N2. The third kappa shape index (κ3) is 1.62. The molecular weight excluding hydrogens is 208 g/mol. The van der Waals surface area contributed by atoms with Crippen LogP contribution in [0.15, 0.2) is 66.2 Å². The van der Waals surface area contributed by atoms with Crippen molar-refractivity contribution in [3.8, 4) is 0 Å². The minimum absolute atomic E-state index is 0.448. The molecule has 0 fully saturated rings. The van der Waals surface area contributed by atoms with Gasteiger partial charge in [-0.2, -0.15) is 0 Å². The van der Waals surface area contributed by atoms with Crippen LogP contribution in [0.3, 0.4) is 0 Å². The van der Waals surface area contributed by atoms with Crippen LogP contribution >= 0.6 is 0 Å². The Hall–Kier alpha value is -2.09. The van der Waals surface area contributed by atoms with Gasteiger partial charge in [0.05, 0.1) is 0 Å². The molecule has 0 spiro atoms. The first-order valence-corrected chi connectivity index (χ1v) is 5.54. The number of nitrogens with zero attached hydrogens (tertiary/aromatic N) is 1. The Morgan fingerprint density at radius 1 is 1.35 bits per heavy atom. The molecule has 0 bridgehead atoms. The molecule has 0 radical (unpaired) electrons. The van der Waals surface area contributed by atoms with Crippen LogP contribution in [0.4, 0.5) is 0 Å². The number of benzene rings is 1. The lowest BCUT2D eigenvalue weighted by molar-refractivity contribution is 0.620. The molecule has 0 saturated heterocycles. The van der Waals surface area contributed by atoms with E-state index in [2.05, 4.69) is 24.2 Å². The first kappa shape index (κ1) is 11.4. The third-order valence-corrected chi connectivity index (χ3v) is 3.15. The molecule has 2 heteroatoms. The second-order valence-corrected chi connectivity index (χ2v) is 4.18. The number of hydrogen-bond acceptors (Lipinski definition) is 2. The first-order valence-electron chi connectivity index (χ1n) is 5.54. The molecule has 0 aliphatic carbocycles. The molecule has 0 amide bonds. The molecule has 1 unspecified atom stereocenters. The van der Waals surface area contributed by atoms with Crippen molar-refractivity contribution in [2.24, 2.45) is 10.7 Å². The Morgan fingerprint density at radius 3 is 2.71 bits per heavy atom. The monoisotopic (exact) mass is 224 g/mol. The van der Waals surface area contributed by atoms with Gasteiger partial charge >= 0.3 is 0 Å². The molecule has 1 atom stereocenters. The Bertz CT molecular complexity index is 538. The molecule has 0 aromatic heterocycles. The van der Waals surface area contributed by atoms with E-state index in [9.17, 15) is 0 Å². The maximum atomic E-state index is 5.97. The van der Waals surface area contributed by atoms with Crippen molar-refractivity contribution in [2.75, 3.05) is 0 Å². The van der Waals surface area contributed by atoms with Gasteiger partial charge in [-0.3, -0.25) is 4.99 Å². The van der Waals surface area contributed by atoms with Crippen molar-refractivity contribution in [1.29, 1.82) is 0 Å². The van der Waals surface area contributed by atoms with Gasteiger partial charge in [0.1, 0.15) is 11.4 Å². The van der Waals surface area contributed by atoms with Gasteiger partial charge in [0.15, 0.2) is 0 Å². The number of amidine groups is 1. The van der Waals surface area contributed by atoms with E-state index in [0.29, 0.717) is 5.84 Å². The standard InChI is InChI=1S/C15H16N2/c1-4-8-11(5-2)15(3)13-10-7-6-9-12(13)14(16)17-15/h4-10H,1-2H2,3H3,(H2,16,17)/b11-8+. The lowest BCUT2D eigenvalue weighted by Gasteiger charge is -2.23. The van der Waals surface area contributed by atoms with Crippen LogP contribution in [0.25, 0.3) is 0 Å². The highest BCUT2D eigenvalue weighted by atomic mass is 15.0. The normalized spacial score (nSPS) is 22.9. The van der Waals surface area contributed by atoms with Crippen LogP contribution in [-0.4, -0.2) is 5.84 Å². The molecule has 17 heavy (non-hydrogen) atoms. The fourth-order valence-electron chi connectivity index (χ4n) is 2.27. The van der Waals surface area contributed by atoms with Crippen molar-refractivity contribution in [1.82, 2.24) is 0 Å². The maximum absolute atomic E-state index is 5.97. The summed E-state index contributed by atoms with van der Waals surface area (Å²) in [7, 11) is 0. The molecule has 2 N–H and O–H groups in total. The fraction of sp³-hybridized carbons (Fsp3) is 0.133. The predicted molar refractivity (Wildman–Crippen MR) is 73.0 cm³/mol. The van der Waals surface area contributed by atoms with E-state index < -0.39 is 5.54 Å². The van der Waals surface area contributed by atoms with Crippen molar-refractivity contribution < 1.29 is 0 Å². The van der Waals surface area contributed by atoms with E-state index in [1.807, 2.05) is 31.2 Å². The summed E-state index contributed by atoms with van der Waals surface area (Å²) >= 11 is 0. The van der Waals surface area contributed by atoms with E-state index >= 15 is 0 Å². The highest BCUT2D eigenvalue weighted by molar-refractivity contribution is 6.02. The Balaban J connectivity index is 2.65. The zero-order valence-electron chi connectivity index (χ0n) is 9.98. The van der Waals surface area contributed by atoms with Gasteiger partial charge in [-0.1, -0.05) is 55.7 Å². The number of rotatable bonds is 3. The smallest absolute Gasteiger partial charge is 0.127 e. The van der Waals surface area contributed by atoms with Crippen LogP contribution in [0.5, 0.6) is 0 Å². The number of aliphatic imine (C=N–C) groups is 1. The molecule has 0 saturated carbocycles. The van der Waals surface area contributed by atoms with Gasteiger partial charge in [-0.15, -0.1) is 0 Å². The molecule has 1 aromatic rings. The Labute approximate surface area is 102 Å². The first-order chi connectivity index (χ1) is 8.13. The molecule has 1 aliphatic heterocycles. The Morgan fingerprint density at radius 2 is 2.06 bits per heavy atom. The van der Waals surface area contributed by atoms with Crippen molar-refractivity contribution in [3.63, 3.8) is 0 Å². The topological polar surface area (TPSA) is 38.4 Å². The second kappa shape index (κ2) is 4.06. The minimum atomic E-state index is -0.448. The summed E-state index contributed by atoms with van der Waals surface area (Å²) in [6.07, 6.45) is 5.47. The molecule has 2 nitrogen and oxygen atoms in total. The van der Waals surface area contributed by atoms with Gasteiger partial charge in [-0.05, 0) is 18.1 Å². The number of hydrogen-bond donors (Lipinski definition) is 1. The van der Waals surface area contributed by atoms with Gasteiger partial charge in [0.2, 0.25) is 0 Å². The van der Waals surface area contributed by atoms with Gasteiger partial charge < -0.3 is 5.73 Å². The predicted octanol–water partition coefficient (Wildman–Crippen LogP) is 2.92. The minimum Gasteiger partial charge on any atom is -0.383 e. The van der Waals surface area contributed by atoms with Crippen molar-refractivity contribution in [2.45, 2.75) is 12.5 Å². The lowest BCUT2D eigenvalue weighted by atomic mass is 9.84. The molecule has 1 heterocycles. The Kier molecular flexibility index (Phi) is 2.72.